The summed E-state index contributed by atoms with van der Waals surface area (Å²) in [5.74, 6) is -1.63. The third kappa shape index (κ3) is 5.90. The van der Waals surface area contributed by atoms with Gasteiger partial charge in [0.1, 0.15) is 5.83 Å². The Morgan fingerprint density at radius 1 is 1.25 bits per heavy atom. The summed E-state index contributed by atoms with van der Waals surface area (Å²) < 4.78 is 22.2. The van der Waals surface area contributed by atoms with E-state index < -0.39 is 35.6 Å². The Kier molecular flexibility index (Phi) is 7.33. The molecule has 0 radical (unpaired) electrons. The van der Waals surface area contributed by atoms with E-state index >= 15 is 0 Å². The smallest absolute Gasteiger partial charge is 0.335 e. The van der Waals surface area contributed by atoms with Crippen LogP contribution in [0.2, 0.25) is 0 Å². The molecule has 2 N–H and O–H groups in total. The van der Waals surface area contributed by atoms with Gasteiger partial charge in [-0.2, -0.15) is 5.10 Å². The molecule has 36 heavy (non-hydrogen) atoms. The molecule has 1 aliphatic carbocycles. The number of hydrogen-bond donors (Lipinski definition) is 2. The molecule has 0 saturated heterocycles. The molecule has 0 amide bonds. The van der Waals surface area contributed by atoms with Crippen molar-refractivity contribution in [2.75, 3.05) is 0 Å². The second-order valence-corrected chi connectivity index (χ2v) is 8.10. The van der Waals surface area contributed by atoms with Gasteiger partial charge in [-0.25, -0.2) is 23.5 Å². The van der Waals surface area contributed by atoms with Gasteiger partial charge in [0.05, 0.1) is 19.0 Å². The molecule has 2 heterocycles. The van der Waals surface area contributed by atoms with Gasteiger partial charge in [0.2, 0.25) is 11.5 Å². The van der Waals surface area contributed by atoms with Crippen molar-refractivity contribution in [3.8, 4) is 5.88 Å². The Bertz CT molecular complexity index is 1500. The number of carbonyl (C=O) groups is 1. The molecule has 1 atom stereocenters. The number of ether oxygens (including phenoxy) is 1. The number of allylic oxidation sites excluding steroid dienone is 1. The number of aryl methyl sites for hydroxylation is 1. The van der Waals surface area contributed by atoms with Crippen LogP contribution in [0, 0.1) is 6.92 Å². The average molecular weight is 494 g/mol. The van der Waals surface area contributed by atoms with Crippen molar-refractivity contribution in [3.63, 3.8) is 0 Å². The molecular weight excluding hydrogens is 471 g/mol. The van der Waals surface area contributed by atoms with Gasteiger partial charge in [-0.3, -0.25) is 14.3 Å². The van der Waals surface area contributed by atoms with Gasteiger partial charge < -0.3 is 9.84 Å². The predicted molar refractivity (Wildman–Crippen MR) is 126 cm³/mol. The number of H-pyrrole nitrogens is 1. The van der Waals surface area contributed by atoms with E-state index in [1.807, 2.05) is 31.2 Å². The van der Waals surface area contributed by atoms with E-state index in [1.54, 1.807) is 12.1 Å². The highest BCUT2D eigenvalue weighted by atomic mass is 19.1. The minimum Gasteiger partial charge on any atom is -0.481 e. The van der Waals surface area contributed by atoms with Gasteiger partial charge in [-0.1, -0.05) is 35.9 Å². The van der Waals surface area contributed by atoms with Crippen molar-refractivity contribution in [1.82, 2.24) is 24.3 Å². The molecule has 11 nitrogen and oxygen atoms in total. The fraction of sp³-hybridized carbons (Fsp3) is 0.250. The average Bonchev–Trinajstić information content (AvgIpc) is 2.85. The Labute approximate surface area is 203 Å². The molecule has 1 aromatic carbocycles. The fourth-order valence-corrected chi connectivity index (χ4v) is 3.51. The number of carboxylic acid groups (broad SMARTS) is 1. The number of halogens is 1. The monoisotopic (exact) mass is 494 g/mol. The summed E-state index contributed by atoms with van der Waals surface area (Å²) in [5.41, 5.74) is 0.214. The maximum Gasteiger partial charge on any atom is 0.335 e. The summed E-state index contributed by atoms with van der Waals surface area (Å²) in [6.07, 6.45) is 3.88. The minimum absolute atomic E-state index is 0.0351. The summed E-state index contributed by atoms with van der Waals surface area (Å²) in [7, 11) is 0. The molecule has 0 bridgehead atoms. The topological polar surface area (TPSA) is 144 Å². The molecule has 12 heteroatoms. The molecule has 0 aliphatic heterocycles. The molecule has 0 fully saturated rings. The highest BCUT2D eigenvalue weighted by Gasteiger charge is 2.19. The van der Waals surface area contributed by atoms with Gasteiger partial charge in [0.25, 0.3) is 0 Å². The summed E-state index contributed by atoms with van der Waals surface area (Å²) in [6, 6.07) is 9.83. The lowest BCUT2D eigenvalue weighted by molar-refractivity contribution is -0.137. The Hall–Kier alpha value is -4.61. The van der Waals surface area contributed by atoms with Gasteiger partial charge in [-0.05, 0) is 24.6 Å². The van der Waals surface area contributed by atoms with E-state index in [1.165, 1.54) is 22.9 Å². The van der Waals surface area contributed by atoms with E-state index in [2.05, 4.69) is 20.2 Å². The maximum absolute atomic E-state index is 14.8. The number of nitrogens with one attached hydrogen (secondary N) is 1. The van der Waals surface area contributed by atoms with Crippen LogP contribution in [0.1, 0.15) is 24.0 Å². The molecule has 0 spiro atoms. The number of aliphatic carboxylic acids is 1. The number of hydrogen-bond acceptors (Lipinski definition) is 7. The fourth-order valence-electron chi connectivity index (χ4n) is 3.51. The van der Waals surface area contributed by atoms with Gasteiger partial charge >= 0.3 is 17.3 Å². The van der Waals surface area contributed by atoms with Crippen molar-refractivity contribution < 1.29 is 19.0 Å². The molecule has 0 saturated carbocycles. The second-order valence-electron chi connectivity index (χ2n) is 8.10. The number of aromatic amines is 1. The van der Waals surface area contributed by atoms with E-state index in [4.69, 9.17) is 9.84 Å². The normalized spacial score (nSPS) is 15.8. The van der Waals surface area contributed by atoms with Crippen LogP contribution in [0.25, 0.3) is 0 Å². The lowest BCUT2D eigenvalue weighted by Crippen LogP contribution is -2.50. The maximum atomic E-state index is 14.8. The third-order valence-corrected chi connectivity index (χ3v) is 5.37. The van der Waals surface area contributed by atoms with Crippen LogP contribution >= 0.6 is 0 Å². The summed E-state index contributed by atoms with van der Waals surface area (Å²) in [4.78, 5) is 43.7. The van der Waals surface area contributed by atoms with Crippen LogP contribution in [-0.4, -0.2) is 41.4 Å². The summed E-state index contributed by atoms with van der Waals surface area (Å²) in [5, 5.41) is 16.4. The molecule has 2 aromatic heterocycles. The molecule has 1 aliphatic rings. The van der Waals surface area contributed by atoms with E-state index in [0.29, 0.717) is 0 Å². The number of rotatable bonds is 8. The van der Waals surface area contributed by atoms with Crippen molar-refractivity contribution in [2.45, 2.75) is 38.9 Å². The first kappa shape index (κ1) is 24.5. The van der Waals surface area contributed by atoms with Crippen LogP contribution in [0.4, 0.5) is 4.39 Å². The van der Waals surface area contributed by atoms with Crippen molar-refractivity contribution in [1.29, 1.82) is 0 Å². The first-order valence-corrected chi connectivity index (χ1v) is 11.1. The molecule has 1 unspecified atom stereocenters. The zero-order chi connectivity index (χ0) is 25.7. The quantitative estimate of drug-likeness (QED) is 0.482. The zero-order valence-corrected chi connectivity index (χ0v) is 19.3. The first-order chi connectivity index (χ1) is 17.3. The molecule has 3 aromatic rings. The van der Waals surface area contributed by atoms with Crippen LogP contribution in [0.15, 0.2) is 80.9 Å². The van der Waals surface area contributed by atoms with Gasteiger partial charge in [-0.15, -0.1) is 5.10 Å². The van der Waals surface area contributed by atoms with Crippen LogP contribution < -0.4 is 21.7 Å². The second kappa shape index (κ2) is 10.8. The van der Waals surface area contributed by atoms with E-state index in [-0.39, 0.29) is 36.8 Å². The van der Waals surface area contributed by atoms with Crippen LogP contribution in [0.5, 0.6) is 5.88 Å². The Morgan fingerprint density at radius 2 is 2.03 bits per heavy atom. The first-order valence-electron chi connectivity index (χ1n) is 11.1. The Morgan fingerprint density at radius 3 is 2.69 bits per heavy atom. The largest absolute Gasteiger partial charge is 0.481 e. The Balaban J connectivity index is 1.69. The lowest BCUT2D eigenvalue weighted by Gasteiger charge is -2.16. The minimum atomic E-state index is -1.14. The van der Waals surface area contributed by atoms with Crippen molar-refractivity contribution >= 4 is 5.97 Å². The number of aromatic nitrogens is 5. The van der Waals surface area contributed by atoms with Gasteiger partial charge in [0.15, 0.2) is 5.76 Å². The molecule has 4 rings (SSSR count). The van der Waals surface area contributed by atoms with E-state index in [0.717, 1.165) is 15.7 Å². The van der Waals surface area contributed by atoms with E-state index in [9.17, 15) is 18.8 Å². The highest BCUT2D eigenvalue weighted by molar-refractivity contribution is 5.66. The van der Waals surface area contributed by atoms with Crippen molar-refractivity contribution in [3.05, 3.63) is 104 Å². The number of carboxylic acids is 1. The van der Waals surface area contributed by atoms with Crippen molar-refractivity contribution in [2.24, 2.45) is 4.99 Å². The molecule has 186 valence electrons. The predicted octanol–water partition coefficient (Wildman–Crippen LogP) is 1.45. The third-order valence-electron chi connectivity index (χ3n) is 5.37. The summed E-state index contributed by atoms with van der Waals surface area (Å²) >= 11 is 0. The standard InChI is InChI=1S/C24H23FN6O5/c1-15-4-6-16(7-5-15)14-31-22(28-23(34)30(24(31)35)12-10-21(32)33)27-17-8-9-19(18(25)13-17)36-20-3-2-11-26-29-20/h2-9,11,17H,10,12-14H2,1H3,(H,32,33)(H,27,28,34). The summed E-state index contributed by atoms with van der Waals surface area (Å²) in [6.45, 7) is 1.69. The van der Waals surface area contributed by atoms with Crippen LogP contribution in [0.3, 0.4) is 0 Å². The van der Waals surface area contributed by atoms with Crippen LogP contribution in [-0.2, 0) is 17.9 Å². The molecular formula is C24H23FN6O5. The zero-order valence-electron chi connectivity index (χ0n) is 19.3. The highest BCUT2D eigenvalue weighted by Crippen LogP contribution is 2.24. The number of benzene rings is 1. The number of nitrogens with zero attached hydrogens (tertiary/aromatic N) is 5. The SMILES string of the molecule is Cc1ccc(Cn2c(=O)n(CCC(=O)O)c(=O)[nH]/c2=N\C2C=CC(Oc3cccnn3)=C(F)C2)cc1. The lowest BCUT2D eigenvalue weighted by atomic mass is 10.1. The van der Waals surface area contributed by atoms with Gasteiger partial charge in [0, 0.05) is 25.2 Å².